The number of fused-ring (bicyclic) bond motifs is 1. The zero-order valence-electron chi connectivity index (χ0n) is 10.1. The van der Waals surface area contributed by atoms with Crippen LogP contribution >= 0.6 is 0 Å². The minimum absolute atomic E-state index is 0.143. The van der Waals surface area contributed by atoms with Crippen LogP contribution in [0.2, 0.25) is 0 Å². The van der Waals surface area contributed by atoms with Gasteiger partial charge in [-0.15, -0.1) is 0 Å². The Morgan fingerprint density at radius 2 is 1.84 bits per heavy atom. The molecule has 0 atom stereocenters. The van der Waals surface area contributed by atoms with Gasteiger partial charge in [-0.3, -0.25) is 0 Å². The highest BCUT2D eigenvalue weighted by atomic mass is 19.4. The van der Waals surface area contributed by atoms with Crippen molar-refractivity contribution in [2.45, 2.75) is 19.0 Å². The Balaban J connectivity index is 2.45. The molecule has 0 amide bonds. The molecule has 0 saturated carbocycles. The molecule has 2 rings (SSSR count). The first kappa shape index (κ1) is 14.0. The van der Waals surface area contributed by atoms with Crippen molar-refractivity contribution >= 4 is 0 Å². The van der Waals surface area contributed by atoms with Crippen molar-refractivity contribution in [3.63, 3.8) is 0 Å². The maximum atomic E-state index is 12.9. The number of nitrogens with two attached hydrogens (primary N) is 1. The van der Waals surface area contributed by atoms with E-state index < -0.39 is 11.7 Å². The summed E-state index contributed by atoms with van der Waals surface area (Å²) in [6.45, 7) is 0.721. The van der Waals surface area contributed by atoms with Gasteiger partial charge in [0.2, 0.25) is 0 Å². The molecular weight excluding hydrogens is 263 g/mol. The van der Waals surface area contributed by atoms with E-state index in [-0.39, 0.29) is 24.7 Å². The molecule has 4 nitrogen and oxygen atoms in total. The van der Waals surface area contributed by atoms with Gasteiger partial charge in [0, 0.05) is 18.4 Å². The lowest BCUT2D eigenvalue weighted by atomic mass is 10.1. The summed E-state index contributed by atoms with van der Waals surface area (Å²) >= 11 is 0. The minimum atomic E-state index is -4.47. The molecule has 2 N–H and O–H groups in total. The molecule has 0 aromatic heterocycles. The molecule has 0 bridgehead atoms. The molecule has 0 unspecified atom stereocenters. The monoisotopic (exact) mass is 277 g/mol. The highest BCUT2D eigenvalue weighted by Gasteiger charge is 2.37. The first-order chi connectivity index (χ1) is 9.04. The van der Waals surface area contributed by atoms with Gasteiger partial charge >= 0.3 is 6.18 Å². The third-order valence-corrected chi connectivity index (χ3v) is 2.77. The van der Waals surface area contributed by atoms with E-state index in [1.807, 2.05) is 0 Å². The fourth-order valence-electron chi connectivity index (χ4n) is 1.90. The number of benzene rings is 1. The summed E-state index contributed by atoms with van der Waals surface area (Å²) in [6.07, 6.45) is -3.57. The molecule has 1 heterocycles. The second-order valence-corrected chi connectivity index (χ2v) is 4.10. The predicted molar refractivity (Wildman–Crippen MR) is 60.9 cm³/mol. The Labute approximate surface area is 108 Å². The molecule has 0 radical (unpaired) electrons. The molecule has 0 spiro atoms. The summed E-state index contributed by atoms with van der Waals surface area (Å²) in [5.41, 5.74) is -0.225. The highest BCUT2D eigenvalue weighted by molar-refractivity contribution is 5.53. The van der Waals surface area contributed by atoms with Crippen molar-refractivity contribution in [1.82, 2.24) is 0 Å². The third kappa shape index (κ3) is 3.10. The molecule has 0 fully saturated rings. The van der Waals surface area contributed by atoms with Crippen molar-refractivity contribution in [2.75, 3.05) is 19.8 Å². The topological polar surface area (TPSA) is 53.7 Å². The van der Waals surface area contributed by atoms with E-state index in [1.54, 1.807) is 0 Å². The van der Waals surface area contributed by atoms with Crippen molar-refractivity contribution in [1.29, 1.82) is 0 Å². The predicted octanol–water partition coefficient (Wildman–Crippen LogP) is 2.30. The van der Waals surface area contributed by atoms with Crippen LogP contribution in [0.3, 0.4) is 0 Å². The summed E-state index contributed by atoms with van der Waals surface area (Å²) in [5, 5.41) is 0. The first-order valence-electron chi connectivity index (χ1n) is 5.84. The smallest absolute Gasteiger partial charge is 0.420 e. The van der Waals surface area contributed by atoms with E-state index in [9.17, 15) is 13.2 Å². The maximum Gasteiger partial charge on any atom is 0.420 e. The van der Waals surface area contributed by atoms with Crippen LogP contribution in [-0.4, -0.2) is 19.8 Å². The number of halogens is 3. The fourth-order valence-corrected chi connectivity index (χ4v) is 1.90. The molecule has 106 valence electrons. The largest absolute Gasteiger partial charge is 0.489 e. The van der Waals surface area contributed by atoms with E-state index in [1.165, 1.54) is 6.07 Å². The average molecular weight is 277 g/mol. The van der Waals surface area contributed by atoms with Gasteiger partial charge in [-0.2, -0.15) is 13.2 Å². The summed E-state index contributed by atoms with van der Waals surface area (Å²) in [4.78, 5) is 4.45. The molecule has 0 saturated heterocycles. The van der Waals surface area contributed by atoms with E-state index >= 15 is 0 Å². The molecule has 1 aromatic rings. The molecule has 1 aromatic carbocycles. The Bertz CT molecular complexity index is 449. The van der Waals surface area contributed by atoms with E-state index in [2.05, 4.69) is 4.84 Å². The van der Waals surface area contributed by atoms with Crippen LogP contribution in [0.25, 0.3) is 0 Å². The summed E-state index contributed by atoms with van der Waals surface area (Å²) in [6, 6.07) is 2.37. The minimum Gasteiger partial charge on any atom is -0.489 e. The highest BCUT2D eigenvalue weighted by Crippen LogP contribution is 2.44. The number of rotatable bonds is 3. The van der Waals surface area contributed by atoms with Crippen LogP contribution in [0.4, 0.5) is 13.2 Å². The van der Waals surface area contributed by atoms with Crippen LogP contribution in [0.1, 0.15) is 17.5 Å². The molecule has 7 heteroatoms. The normalized spacial score (nSPS) is 15.2. The number of alkyl halides is 3. The number of hydrogen-bond acceptors (Lipinski definition) is 4. The molecule has 1 aliphatic rings. The Morgan fingerprint density at radius 3 is 2.47 bits per heavy atom. The Hall–Kier alpha value is -1.47. The molecule has 0 aliphatic carbocycles. The lowest BCUT2D eigenvalue weighted by molar-refractivity contribution is -0.139. The molecule has 19 heavy (non-hydrogen) atoms. The van der Waals surface area contributed by atoms with E-state index in [0.717, 1.165) is 6.07 Å². The van der Waals surface area contributed by atoms with E-state index in [0.29, 0.717) is 25.0 Å². The average Bonchev–Trinajstić information content (AvgIpc) is 2.60. The van der Waals surface area contributed by atoms with Gasteiger partial charge in [0.15, 0.2) is 11.5 Å². The van der Waals surface area contributed by atoms with Gasteiger partial charge in [0.1, 0.15) is 5.56 Å². The Morgan fingerprint density at radius 1 is 1.16 bits per heavy atom. The van der Waals surface area contributed by atoms with Gasteiger partial charge in [0.25, 0.3) is 0 Å². The van der Waals surface area contributed by atoms with E-state index in [4.69, 9.17) is 15.4 Å². The lowest BCUT2D eigenvalue weighted by Crippen LogP contribution is -2.11. The van der Waals surface area contributed by atoms with Crippen molar-refractivity contribution in [3.05, 3.63) is 23.3 Å². The summed E-state index contributed by atoms with van der Waals surface area (Å²) < 4.78 is 49.3. The molecule has 1 aliphatic heterocycles. The van der Waals surface area contributed by atoms with Gasteiger partial charge in [-0.25, -0.2) is 5.90 Å². The van der Waals surface area contributed by atoms with Gasteiger partial charge in [-0.05, 0) is 6.07 Å². The zero-order chi connectivity index (χ0) is 13.9. The van der Waals surface area contributed by atoms with Gasteiger partial charge in [-0.1, -0.05) is 6.07 Å². The second kappa shape index (κ2) is 5.66. The fraction of sp³-hybridized carbons (Fsp3) is 0.500. The van der Waals surface area contributed by atoms with Crippen LogP contribution in [0.5, 0.6) is 11.5 Å². The lowest BCUT2D eigenvalue weighted by Gasteiger charge is -2.17. The second-order valence-electron chi connectivity index (χ2n) is 4.10. The maximum absolute atomic E-state index is 12.9. The standard InChI is InChI=1S/C12H14F3NO3/c13-12(14,15)9-3-2-8(4-7-19-16)10-11(9)18-6-1-5-17-10/h2-3H,1,4-7,16H2. The zero-order valence-corrected chi connectivity index (χ0v) is 10.1. The number of hydrogen-bond donors (Lipinski definition) is 1. The number of ether oxygens (including phenoxy) is 2. The summed E-state index contributed by atoms with van der Waals surface area (Å²) in [7, 11) is 0. The quantitative estimate of drug-likeness (QED) is 0.861. The third-order valence-electron chi connectivity index (χ3n) is 2.77. The van der Waals surface area contributed by atoms with Gasteiger partial charge in [0.05, 0.1) is 19.8 Å². The van der Waals surface area contributed by atoms with Crippen LogP contribution in [-0.2, 0) is 17.4 Å². The first-order valence-corrected chi connectivity index (χ1v) is 5.84. The van der Waals surface area contributed by atoms with Gasteiger partial charge < -0.3 is 14.3 Å². The summed E-state index contributed by atoms with van der Waals surface area (Å²) in [5.74, 6) is 4.84. The van der Waals surface area contributed by atoms with Crippen molar-refractivity contribution in [3.8, 4) is 11.5 Å². The van der Waals surface area contributed by atoms with Crippen LogP contribution in [0.15, 0.2) is 12.1 Å². The molecular formula is C12H14F3NO3. The van der Waals surface area contributed by atoms with Crippen molar-refractivity contribution in [2.24, 2.45) is 5.90 Å². The van der Waals surface area contributed by atoms with Crippen LogP contribution < -0.4 is 15.4 Å². The SMILES string of the molecule is NOCCc1ccc(C(F)(F)F)c2c1OCCCO2. The van der Waals surface area contributed by atoms with Crippen LogP contribution in [0, 0.1) is 0 Å². The van der Waals surface area contributed by atoms with Crippen molar-refractivity contribution < 1.29 is 27.5 Å². The Kier molecular flexibility index (Phi) is 4.16.